The van der Waals surface area contributed by atoms with Crippen molar-refractivity contribution in [3.05, 3.63) is 142 Å². The van der Waals surface area contributed by atoms with Crippen molar-refractivity contribution < 1.29 is 9.84 Å². The first-order valence-electron chi connectivity index (χ1n) is 13.0. The molecule has 1 saturated heterocycles. The first-order valence-corrected chi connectivity index (χ1v) is 13.8. The molecular weight excluding hydrogens is 536 g/mol. The van der Waals surface area contributed by atoms with Gasteiger partial charge in [0, 0.05) is 4.47 Å². The molecule has 0 amide bonds. The maximum absolute atomic E-state index is 11.9. The fraction of sp³-hybridized carbons (Fsp3) is 0.242. The molecule has 2 aliphatic rings. The fourth-order valence-electron chi connectivity index (χ4n) is 5.88. The lowest BCUT2D eigenvalue weighted by molar-refractivity contribution is 0.142. The van der Waals surface area contributed by atoms with E-state index < -0.39 is 11.6 Å². The minimum Gasteiger partial charge on any atom is -0.477 e. The van der Waals surface area contributed by atoms with E-state index in [1.54, 1.807) is 0 Å². The van der Waals surface area contributed by atoms with E-state index >= 15 is 0 Å². The van der Waals surface area contributed by atoms with E-state index in [1.807, 2.05) is 42.5 Å². The number of ether oxygens (including phenoxy) is 1. The van der Waals surface area contributed by atoms with Gasteiger partial charge < -0.3 is 9.84 Å². The van der Waals surface area contributed by atoms with Gasteiger partial charge in [0.15, 0.2) is 0 Å². The molecule has 4 aromatic rings. The van der Waals surface area contributed by atoms with Gasteiger partial charge in [0.25, 0.3) is 0 Å². The third-order valence-corrected chi connectivity index (χ3v) is 8.12. The zero-order valence-electron chi connectivity index (χ0n) is 21.5. The van der Waals surface area contributed by atoms with Crippen LogP contribution in [0.1, 0.15) is 42.2 Å². The number of aliphatic hydroxyl groups is 1. The zero-order valence-corrected chi connectivity index (χ0v) is 23.1. The molecule has 0 saturated carbocycles. The highest BCUT2D eigenvalue weighted by atomic mass is 79.9. The van der Waals surface area contributed by atoms with Gasteiger partial charge in [-0.25, -0.2) is 4.99 Å². The van der Waals surface area contributed by atoms with Gasteiger partial charge in [-0.2, -0.15) is 0 Å². The predicted molar refractivity (Wildman–Crippen MR) is 155 cm³/mol. The molecule has 1 N–H and O–H groups in total. The standard InChI is InChI=1S/C33H31BrN2O2/c1-32(2)22-38-31(35-32)29-28(30(37)23-18-20-27(34)21-19-23)36(29)33(24-12-6-3-7-13-24,25-14-8-4-9-15-25)26-16-10-5-11-17-26/h3-21,28-30,37H,22H2,1-2H3/t28?,29?,30-,36?/m1/s1. The third-order valence-electron chi connectivity index (χ3n) is 7.59. The van der Waals surface area contributed by atoms with Gasteiger partial charge in [-0.15, -0.1) is 0 Å². The minimum atomic E-state index is -0.737. The van der Waals surface area contributed by atoms with Crippen LogP contribution in [0.4, 0.5) is 0 Å². The van der Waals surface area contributed by atoms with Crippen LogP contribution in [0.25, 0.3) is 0 Å². The summed E-state index contributed by atoms with van der Waals surface area (Å²) in [7, 11) is 0. The molecule has 0 aliphatic carbocycles. The monoisotopic (exact) mass is 566 g/mol. The largest absolute Gasteiger partial charge is 0.477 e. The number of halogens is 1. The smallest absolute Gasteiger partial charge is 0.203 e. The Hall–Kier alpha value is -3.25. The second-order valence-electron chi connectivity index (χ2n) is 10.7. The van der Waals surface area contributed by atoms with E-state index in [1.165, 1.54) is 0 Å². The molecule has 2 heterocycles. The Labute approximate surface area is 232 Å². The van der Waals surface area contributed by atoms with Crippen LogP contribution in [-0.4, -0.2) is 40.1 Å². The topological polar surface area (TPSA) is 44.8 Å². The van der Waals surface area contributed by atoms with Crippen LogP contribution in [0, 0.1) is 0 Å². The van der Waals surface area contributed by atoms with E-state index in [0.717, 1.165) is 26.7 Å². The Morgan fingerprint density at radius 3 is 1.71 bits per heavy atom. The summed E-state index contributed by atoms with van der Waals surface area (Å²) in [5.41, 5.74) is 3.29. The summed E-state index contributed by atoms with van der Waals surface area (Å²) in [6.07, 6.45) is -0.737. The Balaban J connectivity index is 1.59. The van der Waals surface area contributed by atoms with Crippen molar-refractivity contribution in [2.45, 2.75) is 43.1 Å². The lowest BCUT2D eigenvalue weighted by Gasteiger charge is -2.39. The van der Waals surface area contributed by atoms with Crippen LogP contribution < -0.4 is 0 Å². The van der Waals surface area contributed by atoms with E-state index in [2.05, 4.69) is 107 Å². The number of aliphatic imine (C=N–C) groups is 1. The molecule has 4 nitrogen and oxygen atoms in total. The summed E-state index contributed by atoms with van der Waals surface area (Å²) in [5, 5.41) is 11.9. The molecule has 0 aromatic heterocycles. The number of aliphatic hydroxyl groups excluding tert-OH is 1. The Kier molecular flexibility index (Phi) is 6.47. The van der Waals surface area contributed by atoms with Gasteiger partial charge >= 0.3 is 0 Å². The number of nitrogens with zero attached hydrogens (tertiary/aromatic N) is 2. The molecule has 192 valence electrons. The molecular formula is C33H31BrN2O2. The van der Waals surface area contributed by atoms with Crippen LogP contribution in [0.2, 0.25) is 0 Å². The summed E-state index contributed by atoms with van der Waals surface area (Å²) in [4.78, 5) is 7.40. The van der Waals surface area contributed by atoms with E-state index in [4.69, 9.17) is 9.73 Å². The molecule has 38 heavy (non-hydrogen) atoms. The van der Waals surface area contributed by atoms with Crippen LogP contribution in [0.15, 0.2) is 125 Å². The van der Waals surface area contributed by atoms with E-state index in [0.29, 0.717) is 12.5 Å². The van der Waals surface area contributed by atoms with Crippen molar-refractivity contribution in [3.8, 4) is 0 Å². The molecule has 0 spiro atoms. The summed E-state index contributed by atoms with van der Waals surface area (Å²) in [5.74, 6) is 0.698. The van der Waals surface area contributed by atoms with Crippen molar-refractivity contribution in [3.63, 3.8) is 0 Å². The maximum Gasteiger partial charge on any atom is 0.203 e. The Bertz CT molecular complexity index is 1330. The number of benzene rings is 4. The molecule has 5 heteroatoms. The molecule has 1 fully saturated rings. The molecule has 3 unspecified atom stereocenters. The lowest BCUT2D eigenvalue weighted by Crippen LogP contribution is -2.41. The quantitative estimate of drug-likeness (QED) is 0.199. The van der Waals surface area contributed by atoms with Crippen LogP contribution in [0.5, 0.6) is 0 Å². The summed E-state index contributed by atoms with van der Waals surface area (Å²) in [6, 6.07) is 39.2. The SMILES string of the molecule is CC1(C)COC(C2C([C@H](O)c3ccc(Br)cc3)N2C(c2ccccc2)(c2ccccc2)c2ccccc2)=N1. The first-order chi connectivity index (χ1) is 18.4. The van der Waals surface area contributed by atoms with Crippen LogP contribution in [-0.2, 0) is 10.3 Å². The van der Waals surface area contributed by atoms with Crippen molar-refractivity contribution in [2.24, 2.45) is 4.99 Å². The summed E-state index contributed by atoms with van der Waals surface area (Å²) < 4.78 is 7.23. The second kappa shape index (κ2) is 9.81. The van der Waals surface area contributed by atoms with Crippen molar-refractivity contribution in [1.29, 1.82) is 0 Å². The highest BCUT2D eigenvalue weighted by Crippen LogP contribution is 2.55. The first kappa shape index (κ1) is 25.1. The molecule has 2 aliphatic heterocycles. The highest BCUT2D eigenvalue weighted by Gasteiger charge is 2.66. The third kappa shape index (κ3) is 4.29. The van der Waals surface area contributed by atoms with E-state index in [-0.39, 0.29) is 17.6 Å². The normalized spacial score (nSPS) is 22.8. The number of hydrogen-bond acceptors (Lipinski definition) is 4. The van der Waals surface area contributed by atoms with E-state index in [9.17, 15) is 5.11 Å². The van der Waals surface area contributed by atoms with Crippen LogP contribution in [0.3, 0.4) is 0 Å². The van der Waals surface area contributed by atoms with Gasteiger partial charge in [0.2, 0.25) is 5.90 Å². The van der Waals surface area contributed by atoms with Gasteiger partial charge in [-0.3, -0.25) is 4.90 Å². The molecule has 0 bridgehead atoms. The van der Waals surface area contributed by atoms with Gasteiger partial charge in [0.1, 0.15) is 12.6 Å². The highest BCUT2D eigenvalue weighted by molar-refractivity contribution is 9.10. The second-order valence-corrected chi connectivity index (χ2v) is 11.6. The average molecular weight is 568 g/mol. The van der Waals surface area contributed by atoms with Crippen molar-refractivity contribution in [1.82, 2.24) is 4.90 Å². The van der Waals surface area contributed by atoms with Gasteiger partial charge in [0.05, 0.1) is 23.2 Å². The average Bonchev–Trinajstić information content (AvgIpc) is 3.58. The van der Waals surface area contributed by atoms with Gasteiger partial charge in [-0.05, 0) is 48.2 Å². The Morgan fingerprint density at radius 1 is 0.816 bits per heavy atom. The predicted octanol–water partition coefficient (Wildman–Crippen LogP) is 6.73. The number of hydrogen-bond donors (Lipinski definition) is 1. The maximum atomic E-state index is 11.9. The number of rotatable bonds is 7. The van der Waals surface area contributed by atoms with Crippen LogP contribution >= 0.6 is 15.9 Å². The van der Waals surface area contributed by atoms with Crippen molar-refractivity contribution in [2.75, 3.05) is 6.61 Å². The van der Waals surface area contributed by atoms with Gasteiger partial charge in [-0.1, -0.05) is 119 Å². The lowest BCUT2D eigenvalue weighted by atomic mass is 9.76. The molecule has 6 rings (SSSR count). The molecule has 4 aromatic carbocycles. The zero-order chi connectivity index (χ0) is 26.3. The molecule has 4 atom stereocenters. The minimum absolute atomic E-state index is 0.198. The summed E-state index contributed by atoms with van der Waals surface area (Å²) >= 11 is 3.53. The fourth-order valence-corrected chi connectivity index (χ4v) is 6.14. The molecule has 0 radical (unpaired) electrons. The van der Waals surface area contributed by atoms with Crippen molar-refractivity contribution >= 4 is 21.8 Å². The summed E-state index contributed by atoms with van der Waals surface area (Å²) in [6.45, 7) is 4.71. The Morgan fingerprint density at radius 2 is 1.29 bits per heavy atom.